The average Bonchev–Trinajstić information content (AvgIpc) is 2.68. The summed E-state index contributed by atoms with van der Waals surface area (Å²) < 4.78 is 38.6. The van der Waals surface area contributed by atoms with Gasteiger partial charge < -0.3 is 10.2 Å². The van der Waals surface area contributed by atoms with Crippen molar-refractivity contribution in [3.63, 3.8) is 0 Å². The van der Waals surface area contributed by atoms with Crippen LogP contribution in [0.3, 0.4) is 0 Å². The number of carbonyl (C=O) groups is 2. The molecule has 1 aliphatic heterocycles. The number of likely N-dealkylation sites (tertiary alicyclic amines) is 1. The molecule has 2 amide bonds. The van der Waals surface area contributed by atoms with E-state index in [4.69, 9.17) is 0 Å². The lowest BCUT2D eigenvalue weighted by atomic mass is 9.96. The van der Waals surface area contributed by atoms with Crippen LogP contribution >= 0.6 is 0 Å². The molecule has 0 saturated carbocycles. The molecule has 2 heterocycles. The van der Waals surface area contributed by atoms with Crippen LogP contribution in [0.2, 0.25) is 0 Å². The Morgan fingerprint density at radius 1 is 1.21 bits per heavy atom. The van der Waals surface area contributed by atoms with Crippen molar-refractivity contribution in [2.24, 2.45) is 5.92 Å². The number of benzene rings is 1. The fourth-order valence-electron chi connectivity index (χ4n) is 3.18. The number of aromatic nitrogens is 1. The van der Waals surface area contributed by atoms with E-state index in [2.05, 4.69) is 10.3 Å². The Balaban J connectivity index is 1.61. The molecule has 1 aliphatic rings. The number of hydrogen-bond donors (Lipinski definition) is 1. The molecule has 1 saturated heterocycles. The summed E-state index contributed by atoms with van der Waals surface area (Å²) >= 11 is 0. The lowest BCUT2D eigenvalue weighted by Gasteiger charge is -2.32. The molecule has 148 valence electrons. The Morgan fingerprint density at radius 3 is 2.71 bits per heavy atom. The predicted molar refractivity (Wildman–Crippen MR) is 95.7 cm³/mol. The zero-order valence-corrected chi connectivity index (χ0v) is 15.1. The first-order valence-corrected chi connectivity index (χ1v) is 8.93. The molecule has 3 rings (SSSR count). The third-order valence-corrected chi connectivity index (χ3v) is 4.69. The normalized spacial score (nSPS) is 17.5. The van der Waals surface area contributed by atoms with Crippen LogP contribution in [0.25, 0.3) is 0 Å². The van der Waals surface area contributed by atoms with Gasteiger partial charge in [0.15, 0.2) is 0 Å². The zero-order valence-electron chi connectivity index (χ0n) is 15.1. The maximum absolute atomic E-state index is 12.9. The summed E-state index contributed by atoms with van der Waals surface area (Å²) in [6.07, 6.45) is -0.508. The molecule has 5 nitrogen and oxygen atoms in total. The lowest BCUT2D eigenvalue weighted by Crippen LogP contribution is -2.45. The number of hydrogen-bond acceptors (Lipinski definition) is 3. The Bertz CT molecular complexity index is 840. The van der Waals surface area contributed by atoms with Crippen molar-refractivity contribution in [3.8, 4) is 0 Å². The van der Waals surface area contributed by atoms with Crippen molar-refractivity contribution in [1.82, 2.24) is 15.2 Å². The zero-order chi connectivity index (χ0) is 20.1. The SMILES string of the molecule is O=C(NCc1cccnc1)[C@H]1CCC(=O)N(Cc2cccc(C(F)(F)F)c2)C1. The van der Waals surface area contributed by atoms with Gasteiger partial charge in [0.05, 0.1) is 11.5 Å². The highest BCUT2D eigenvalue weighted by Crippen LogP contribution is 2.30. The standard InChI is InChI=1S/C20H20F3N3O2/c21-20(22,23)17-5-1-3-14(9-17)12-26-13-16(6-7-18(26)27)19(28)25-11-15-4-2-8-24-10-15/h1-5,8-10,16H,6-7,11-13H2,(H,25,28)/t16-/m0/s1. The molecular formula is C20H20F3N3O2. The number of carbonyl (C=O) groups excluding carboxylic acids is 2. The predicted octanol–water partition coefficient (Wildman–Crippen LogP) is 3.16. The first-order valence-electron chi connectivity index (χ1n) is 8.93. The van der Waals surface area contributed by atoms with E-state index in [9.17, 15) is 22.8 Å². The van der Waals surface area contributed by atoms with Crippen LogP contribution in [0, 0.1) is 5.92 Å². The fourth-order valence-corrected chi connectivity index (χ4v) is 3.18. The monoisotopic (exact) mass is 391 g/mol. The molecule has 1 aromatic carbocycles. The molecule has 2 aromatic rings. The second kappa shape index (κ2) is 8.41. The van der Waals surface area contributed by atoms with Crippen LogP contribution in [0.5, 0.6) is 0 Å². The van der Waals surface area contributed by atoms with E-state index >= 15 is 0 Å². The molecule has 8 heteroatoms. The smallest absolute Gasteiger partial charge is 0.352 e. The molecule has 0 spiro atoms. The number of nitrogens with zero attached hydrogens (tertiary/aromatic N) is 2. The number of halogens is 3. The lowest BCUT2D eigenvalue weighted by molar-refractivity contribution is -0.139. The minimum atomic E-state index is -4.43. The molecule has 0 unspecified atom stereocenters. The second-order valence-corrected chi connectivity index (χ2v) is 6.79. The molecule has 1 aromatic heterocycles. The van der Waals surface area contributed by atoms with Crippen molar-refractivity contribution in [2.75, 3.05) is 6.54 Å². The quantitative estimate of drug-likeness (QED) is 0.852. The van der Waals surface area contributed by atoms with E-state index in [0.29, 0.717) is 18.5 Å². The summed E-state index contributed by atoms with van der Waals surface area (Å²) in [6, 6.07) is 8.53. The van der Waals surface area contributed by atoms with Gasteiger partial charge in [-0.15, -0.1) is 0 Å². The topological polar surface area (TPSA) is 62.3 Å². The van der Waals surface area contributed by atoms with Crippen LogP contribution in [0.15, 0.2) is 48.8 Å². The summed E-state index contributed by atoms with van der Waals surface area (Å²) in [6.45, 7) is 0.577. The maximum atomic E-state index is 12.9. The Hall–Kier alpha value is -2.90. The first-order chi connectivity index (χ1) is 13.3. The van der Waals surface area contributed by atoms with Gasteiger partial charge in [-0.05, 0) is 35.7 Å². The highest BCUT2D eigenvalue weighted by Gasteiger charge is 2.32. The highest BCUT2D eigenvalue weighted by atomic mass is 19.4. The molecule has 1 fully saturated rings. The minimum absolute atomic E-state index is 0.0507. The molecule has 28 heavy (non-hydrogen) atoms. The summed E-state index contributed by atoms with van der Waals surface area (Å²) in [5, 5.41) is 2.83. The summed E-state index contributed by atoms with van der Waals surface area (Å²) in [7, 11) is 0. The van der Waals surface area contributed by atoms with Crippen molar-refractivity contribution in [2.45, 2.75) is 32.1 Å². The van der Waals surface area contributed by atoms with Crippen LogP contribution in [0.1, 0.15) is 29.5 Å². The van der Waals surface area contributed by atoms with E-state index in [-0.39, 0.29) is 37.2 Å². The third kappa shape index (κ3) is 5.09. The Kier molecular flexibility index (Phi) is 5.96. The summed E-state index contributed by atoms with van der Waals surface area (Å²) in [5.41, 5.74) is 0.503. The van der Waals surface area contributed by atoms with Gasteiger partial charge in [-0.2, -0.15) is 13.2 Å². The van der Waals surface area contributed by atoms with E-state index < -0.39 is 11.7 Å². The summed E-state index contributed by atoms with van der Waals surface area (Å²) in [4.78, 5) is 30.1. The number of rotatable bonds is 5. The van der Waals surface area contributed by atoms with E-state index in [0.717, 1.165) is 17.7 Å². The molecule has 1 N–H and O–H groups in total. The number of piperidine rings is 1. The Morgan fingerprint density at radius 2 is 2.00 bits per heavy atom. The third-order valence-electron chi connectivity index (χ3n) is 4.69. The molecule has 1 atom stereocenters. The number of pyridine rings is 1. The van der Waals surface area contributed by atoms with Gasteiger partial charge in [-0.25, -0.2) is 0 Å². The molecule has 0 aliphatic carbocycles. The van der Waals surface area contributed by atoms with Crippen LogP contribution in [-0.4, -0.2) is 28.2 Å². The second-order valence-electron chi connectivity index (χ2n) is 6.79. The number of nitrogens with one attached hydrogen (secondary N) is 1. The fraction of sp³-hybridized carbons (Fsp3) is 0.350. The van der Waals surface area contributed by atoms with Crippen molar-refractivity contribution >= 4 is 11.8 Å². The van der Waals surface area contributed by atoms with Crippen molar-refractivity contribution in [1.29, 1.82) is 0 Å². The van der Waals surface area contributed by atoms with Crippen molar-refractivity contribution in [3.05, 3.63) is 65.5 Å². The molecule has 0 radical (unpaired) electrons. The molecule has 0 bridgehead atoms. The van der Waals surface area contributed by atoms with E-state index in [1.54, 1.807) is 24.5 Å². The van der Waals surface area contributed by atoms with Gasteiger partial charge in [0.2, 0.25) is 11.8 Å². The van der Waals surface area contributed by atoms with Gasteiger partial charge in [-0.3, -0.25) is 14.6 Å². The average molecular weight is 391 g/mol. The van der Waals surface area contributed by atoms with Gasteiger partial charge in [-0.1, -0.05) is 18.2 Å². The largest absolute Gasteiger partial charge is 0.416 e. The highest BCUT2D eigenvalue weighted by molar-refractivity contribution is 5.83. The van der Waals surface area contributed by atoms with Crippen LogP contribution in [-0.2, 0) is 28.9 Å². The molecular weight excluding hydrogens is 371 g/mol. The van der Waals surface area contributed by atoms with Crippen LogP contribution in [0.4, 0.5) is 13.2 Å². The number of alkyl halides is 3. The van der Waals surface area contributed by atoms with E-state index in [1.807, 2.05) is 6.07 Å². The maximum Gasteiger partial charge on any atom is 0.416 e. The van der Waals surface area contributed by atoms with Gasteiger partial charge in [0.1, 0.15) is 0 Å². The number of amides is 2. The van der Waals surface area contributed by atoms with E-state index in [1.165, 1.54) is 11.0 Å². The van der Waals surface area contributed by atoms with Crippen LogP contribution < -0.4 is 5.32 Å². The summed E-state index contributed by atoms with van der Waals surface area (Å²) in [5.74, 6) is -0.723. The Labute approximate surface area is 160 Å². The van der Waals surface area contributed by atoms with Gasteiger partial charge in [0, 0.05) is 38.4 Å². The van der Waals surface area contributed by atoms with Crippen molar-refractivity contribution < 1.29 is 22.8 Å². The van der Waals surface area contributed by atoms with Gasteiger partial charge in [0.25, 0.3) is 0 Å². The van der Waals surface area contributed by atoms with Gasteiger partial charge >= 0.3 is 6.18 Å². The minimum Gasteiger partial charge on any atom is -0.352 e. The first kappa shape index (κ1) is 19.9.